The molecule has 1 saturated heterocycles. The minimum atomic E-state index is -3.60. The average molecular weight is 365 g/mol. The normalized spacial score (nSPS) is 20.8. The molecular formula is C16H19N3O5S. The highest BCUT2D eigenvalue weighted by molar-refractivity contribution is 7.90. The minimum absolute atomic E-state index is 0.0534. The third-order valence-corrected chi connectivity index (χ3v) is 5.71. The van der Waals surface area contributed by atoms with Crippen molar-refractivity contribution in [3.8, 4) is 0 Å². The number of aromatic nitrogens is 2. The number of aryl methyl sites for hydroxylation is 1. The van der Waals surface area contributed by atoms with Crippen LogP contribution in [0.1, 0.15) is 33.6 Å². The number of rotatable bonds is 4. The van der Waals surface area contributed by atoms with Gasteiger partial charge in [0.05, 0.1) is 22.8 Å². The minimum Gasteiger partial charge on any atom is -0.478 e. The lowest BCUT2D eigenvalue weighted by Crippen LogP contribution is -2.41. The number of carbonyl (C=O) groups is 1. The Balaban J connectivity index is 2.42. The molecule has 8 nitrogen and oxygen atoms in total. The van der Waals surface area contributed by atoms with Crippen molar-refractivity contribution in [2.75, 3.05) is 12.9 Å². The molecule has 0 aliphatic carbocycles. The first-order valence-electron chi connectivity index (χ1n) is 7.63. The molecule has 2 N–H and O–H groups in total. The molecule has 1 aliphatic heterocycles. The van der Waals surface area contributed by atoms with Gasteiger partial charge in [-0.2, -0.15) is 10.6 Å². The van der Waals surface area contributed by atoms with Crippen LogP contribution < -0.4 is 5.48 Å². The predicted molar refractivity (Wildman–Crippen MR) is 88.9 cm³/mol. The van der Waals surface area contributed by atoms with Crippen LogP contribution in [-0.2, 0) is 27.3 Å². The maximum Gasteiger partial charge on any atom is 0.335 e. The number of carboxylic acids is 1. The van der Waals surface area contributed by atoms with Gasteiger partial charge in [0.2, 0.25) is 0 Å². The summed E-state index contributed by atoms with van der Waals surface area (Å²) >= 11 is 0. The molecule has 3 rings (SSSR count). The van der Waals surface area contributed by atoms with E-state index in [0.717, 1.165) is 6.26 Å². The van der Waals surface area contributed by atoms with E-state index in [1.54, 1.807) is 30.9 Å². The number of aromatic carboxylic acids is 1. The first-order valence-corrected chi connectivity index (χ1v) is 9.52. The molecule has 9 heteroatoms. The van der Waals surface area contributed by atoms with Gasteiger partial charge in [-0.15, -0.1) is 0 Å². The fourth-order valence-corrected chi connectivity index (χ4v) is 4.48. The molecule has 1 aromatic carbocycles. The number of carboxylic acid groups (broad SMARTS) is 1. The second kappa shape index (κ2) is 5.94. The fourth-order valence-electron chi connectivity index (χ4n) is 3.46. The van der Waals surface area contributed by atoms with Crippen LogP contribution in [0.15, 0.2) is 29.3 Å². The molecule has 0 spiro atoms. The van der Waals surface area contributed by atoms with Gasteiger partial charge in [0, 0.05) is 31.5 Å². The van der Waals surface area contributed by atoms with Crippen LogP contribution in [0.4, 0.5) is 0 Å². The summed E-state index contributed by atoms with van der Waals surface area (Å²) in [4.78, 5) is 17.1. The number of nitrogens with one attached hydrogen (secondary N) is 1. The zero-order valence-electron chi connectivity index (χ0n) is 14.1. The Labute approximate surface area is 145 Å². The van der Waals surface area contributed by atoms with Gasteiger partial charge in [-0.1, -0.05) is 0 Å². The molecule has 1 aromatic heterocycles. The molecule has 0 bridgehead atoms. The smallest absolute Gasteiger partial charge is 0.335 e. The maximum absolute atomic E-state index is 12.4. The molecule has 0 saturated carbocycles. The molecule has 1 atom stereocenters. The summed E-state index contributed by atoms with van der Waals surface area (Å²) in [5, 5.41) is 13.6. The fraction of sp³-hybridized carbons (Fsp3) is 0.375. The van der Waals surface area contributed by atoms with Gasteiger partial charge < -0.3 is 9.94 Å². The number of hydroxylamine groups is 1. The molecule has 1 fully saturated rings. The Bertz CT molecular complexity index is 943. The molecule has 134 valence electrons. The van der Waals surface area contributed by atoms with Crippen LogP contribution in [0.2, 0.25) is 0 Å². The van der Waals surface area contributed by atoms with Gasteiger partial charge in [-0.05, 0) is 30.7 Å². The Hall–Kier alpha value is -2.23. The Kier molecular flexibility index (Phi) is 4.18. The summed E-state index contributed by atoms with van der Waals surface area (Å²) in [5.41, 5.74) is 3.45. The van der Waals surface area contributed by atoms with Crippen molar-refractivity contribution < 1.29 is 23.2 Å². The van der Waals surface area contributed by atoms with E-state index in [2.05, 4.69) is 10.6 Å². The Morgan fingerprint density at radius 1 is 1.40 bits per heavy atom. The molecule has 25 heavy (non-hydrogen) atoms. The van der Waals surface area contributed by atoms with Crippen LogP contribution in [0.25, 0.3) is 0 Å². The quantitative estimate of drug-likeness (QED) is 0.831. The lowest BCUT2D eigenvalue weighted by molar-refractivity contribution is 0.0670. The van der Waals surface area contributed by atoms with Crippen LogP contribution in [0, 0.1) is 6.92 Å². The SMILES string of the molecule is Cc1c(C(=O)O)ccc(S(C)(=O)=O)c1C1(c2ccnn2C)CCON1. The Morgan fingerprint density at radius 3 is 2.60 bits per heavy atom. The van der Waals surface area contributed by atoms with Crippen molar-refractivity contribution in [3.63, 3.8) is 0 Å². The third-order valence-electron chi connectivity index (χ3n) is 4.57. The summed E-state index contributed by atoms with van der Waals surface area (Å²) in [7, 11) is -1.85. The predicted octanol–water partition coefficient (Wildman–Crippen LogP) is 0.999. The number of hydrogen-bond donors (Lipinski definition) is 2. The zero-order chi connectivity index (χ0) is 18.4. The largest absolute Gasteiger partial charge is 0.478 e. The standard InChI is InChI=1S/C16H19N3O5S/c1-10-11(15(20)21)4-5-12(25(3,22)23)14(10)16(7-9-24-18-16)13-6-8-17-19(13)2/h4-6,8,18H,7,9H2,1-3H3,(H,20,21). The average Bonchev–Trinajstić information content (AvgIpc) is 3.15. The van der Waals surface area contributed by atoms with E-state index in [0.29, 0.717) is 29.8 Å². The van der Waals surface area contributed by atoms with Gasteiger partial charge in [0.25, 0.3) is 0 Å². The van der Waals surface area contributed by atoms with Crippen LogP contribution in [0.3, 0.4) is 0 Å². The topological polar surface area (TPSA) is 111 Å². The highest BCUT2D eigenvalue weighted by atomic mass is 32.2. The van der Waals surface area contributed by atoms with Gasteiger partial charge >= 0.3 is 5.97 Å². The van der Waals surface area contributed by atoms with Gasteiger partial charge in [-0.25, -0.2) is 13.2 Å². The number of sulfone groups is 1. The van der Waals surface area contributed by atoms with Crippen molar-refractivity contribution in [2.45, 2.75) is 23.8 Å². The second-order valence-electron chi connectivity index (χ2n) is 6.13. The molecule has 1 aliphatic rings. The van der Waals surface area contributed by atoms with Crippen LogP contribution >= 0.6 is 0 Å². The highest BCUT2D eigenvalue weighted by Crippen LogP contribution is 2.42. The van der Waals surface area contributed by atoms with E-state index in [4.69, 9.17) is 4.84 Å². The van der Waals surface area contributed by atoms with Gasteiger partial charge in [0.15, 0.2) is 9.84 Å². The molecule has 2 heterocycles. The van der Waals surface area contributed by atoms with E-state index in [9.17, 15) is 18.3 Å². The summed E-state index contributed by atoms with van der Waals surface area (Å²) < 4.78 is 26.4. The van der Waals surface area contributed by atoms with E-state index >= 15 is 0 Å². The molecule has 0 radical (unpaired) electrons. The van der Waals surface area contributed by atoms with E-state index in [1.807, 2.05) is 0 Å². The van der Waals surface area contributed by atoms with Crippen molar-refractivity contribution in [1.82, 2.24) is 15.3 Å². The van der Waals surface area contributed by atoms with Crippen molar-refractivity contribution >= 4 is 15.8 Å². The molecule has 0 amide bonds. The maximum atomic E-state index is 12.4. The second-order valence-corrected chi connectivity index (χ2v) is 8.12. The van der Waals surface area contributed by atoms with Crippen molar-refractivity contribution in [1.29, 1.82) is 0 Å². The molecule has 1 unspecified atom stereocenters. The number of benzene rings is 1. The first kappa shape index (κ1) is 17.6. The summed E-state index contributed by atoms with van der Waals surface area (Å²) in [5.74, 6) is -1.11. The van der Waals surface area contributed by atoms with Crippen LogP contribution in [-0.4, -0.2) is 42.1 Å². The van der Waals surface area contributed by atoms with Gasteiger partial charge in [0.1, 0.15) is 5.54 Å². The van der Waals surface area contributed by atoms with Crippen molar-refractivity contribution in [2.24, 2.45) is 7.05 Å². The van der Waals surface area contributed by atoms with Crippen LogP contribution in [0.5, 0.6) is 0 Å². The number of nitrogens with zero attached hydrogens (tertiary/aromatic N) is 2. The summed E-state index contributed by atoms with van der Waals surface area (Å²) in [6, 6.07) is 4.43. The van der Waals surface area contributed by atoms with Crippen molar-refractivity contribution in [3.05, 3.63) is 46.8 Å². The molecule has 2 aromatic rings. The Morgan fingerprint density at radius 2 is 2.12 bits per heavy atom. The number of hydrogen-bond acceptors (Lipinski definition) is 6. The third kappa shape index (κ3) is 2.74. The summed E-state index contributed by atoms with van der Waals surface area (Å²) in [6.45, 7) is 1.97. The lowest BCUT2D eigenvalue weighted by atomic mass is 9.81. The lowest BCUT2D eigenvalue weighted by Gasteiger charge is -2.32. The highest BCUT2D eigenvalue weighted by Gasteiger charge is 2.45. The zero-order valence-corrected chi connectivity index (χ0v) is 14.9. The first-order chi connectivity index (χ1) is 11.7. The summed E-state index contributed by atoms with van der Waals surface area (Å²) in [6.07, 6.45) is 3.16. The van der Waals surface area contributed by atoms with E-state index < -0.39 is 21.3 Å². The van der Waals surface area contributed by atoms with E-state index in [-0.39, 0.29) is 10.5 Å². The molecular weight excluding hydrogens is 346 g/mol. The monoisotopic (exact) mass is 365 g/mol. The van der Waals surface area contributed by atoms with Gasteiger partial charge in [-0.3, -0.25) is 4.68 Å². The van der Waals surface area contributed by atoms with E-state index in [1.165, 1.54) is 12.1 Å².